The third-order valence-corrected chi connectivity index (χ3v) is 5.08. The quantitative estimate of drug-likeness (QED) is 0.901. The van der Waals surface area contributed by atoms with Crippen molar-refractivity contribution in [2.45, 2.75) is 37.3 Å². The highest BCUT2D eigenvalue weighted by Crippen LogP contribution is 2.26. The predicted octanol–water partition coefficient (Wildman–Crippen LogP) is 1.15. The molecule has 24 heavy (non-hydrogen) atoms. The zero-order valence-electron chi connectivity index (χ0n) is 14.1. The van der Waals surface area contributed by atoms with E-state index < -0.39 is 11.6 Å². The van der Waals surface area contributed by atoms with Crippen molar-refractivity contribution in [1.82, 2.24) is 4.90 Å². The number of likely N-dealkylation sites (N-methyl/N-ethyl adjacent to an activating group) is 1. The molecule has 1 aromatic rings. The van der Waals surface area contributed by atoms with Crippen LogP contribution in [0.5, 0.6) is 0 Å². The lowest BCUT2D eigenvalue weighted by Gasteiger charge is -2.41. The van der Waals surface area contributed by atoms with Crippen molar-refractivity contribution in [1.29, 1.82) is 0 Å². The molecule has 2 aliphatic rings. The van der Waals surface area contributed by atoms with Crippen LogP contribution in [0.4, 0.5) is 5.69 Å². The van der Waals surface area contributed by atoms with Crippen LogP contribution in [0, 0.1) is 0 Å². The minimum Gasteiger partial charge on any atom is -0.381 e. The first-order valence-electron chi connectivity index (χ1n) is 8.53. The Morgan fingerprint density at radius 1 is 1.29 bits per heavy atom. The highest BCUT2D eigenvalue weighted by Gasteiger charge is 2.42. The number of anilines is 1. The van der Waals surface area contributed by atoms with Crippen molar-refractivity contribution >= 4 is 17.5 Å². The molecule has 0 aromatic heterocycles. The van der Waals surface area contributed by atoms with Crippen molar-refractivity contribution in [3.63, 3.8) is 0 Å². The van der Waals surface area contributed by atoms with Gasteiger partial charge in [-0.2, -0.15) is 0 Å². The normalized spacial score (nSPS) is 23.8. The van der Waals surface area contributed by atoms with Crippen LogP contribution in [0.25, 0.3) is 0 Å². The molecule has 3 rings (SSSR count). The minimum atomic E-state index is -0.914. The molecule has 2 saturated heterocycles. The highest BCUT2D eigenvalue weighted by molar-refractivity contribution is 6.00. The number of carbonyl (C=O) groups is 2. The Hall–Kier alpha value is -1.92. The first-order chi connectivity index (χ1) is 11.5. The molecule has 1 aromatic carbocycles. The van der Waals surface area contributed by atoms with Gasteiger partial charge in [-0.25, -0.2) is 0 Å². The fourth-order valence-corrected chi connectivity index (χ4v) is 3.52. The van der Waals surface area contributed by atoms with Gasteiger partial charge in [0.15, 0.2) is 0 Å². The standard InChI is InChI=1S/C18H25N3O3/c1-20(17(23)18(19)9-12-24-13-10-18)15-8-5-11-21(16(15)22)14-6-3-2-4-7-14/h2-4,6-7,15H,5,8-13,19H2,1H3. The van der Waals surface area contributed by atoms with Crippen LogP contribution in [-0.4, -0.2) is 55.1 Å². The summed E-state index contributed by atoms with van der Waals surface area (Å²) >= 11 is 0. The summed E-state index contributed by atoms with van der Waals surface area (Å²) < 4.78 is 5.31. The second-order valence-electron chi connectivity index (χ2n) is 6.67. The van der Waals surface area contributed by atoms with E-state index in [9.17, 15) is 9.59 Å². The van der Waals surface area contributed by atoms with Gasteiger partial charge in [-0.05, 0) is 37.8 Å². The average molecular weight is 331 g/mol. The SMILES string of the molecule is CN(C(=O)C1(N)CCOCC1)C1CCCN(c2ccccc2)C1=O. The number of ether oxygens (including phenoxy) is 1. The number of carbonyl (C=O) groups excluding carboxylic acids is 2. The molecule has 0 saturated carbocycles. The number of hydrogen-bond acceptors (Lipinski definition) is 4. The molecule has 1 atom stereocenters. The zero-order valence-corrected chi connectivity index (χ0v) is 14.1. The van der Waals surface area contributed by atoms with E-state index in [1.807, 2.05) is 30.3 Å². The lowest BCUT2D eigenvalue weighted by Crippen LogP contribution is -2.62. The Bertz CT molecular complexity index is 599. The van der Waals surface area contributed by atoms with Crippen LogP contribution in [0.1, 0.15) is 25.7 Å². The van der Waals surface area contributed by atoms with E-state index in [-0.39, 0.29) is 11.8 Å². The van der Waals surface area contributed by atoms with Gasteiger partial charge in [-0.3, -0.25) is 9.59 Å². The first-order valence-corrected chi connectivity index (χ1v) is 8.53. The topological polar surface area (TPSA) is 75.9 Å². The molecule has 6 heteroatoms. The molecular formula is C18H25N3O3. The molecule has 6 nitrogen and oxygen atoms in total. The van der Waals surface area contributed by atoms with E-state index in [1.165, 1.54) is 0 Å². The third kappa shape index (κ3) is 3.16. The van der Waals surface area contributed by atoms with Crippen LogP contribution in [0.3, 0.4) is 0 Å². The van der Waals surface area contributed by atoms with E-state index in [0.29, 0.717) is 39.0 Å². The van der Waals surface area contributed by atoms with E-state index in [2.05, 4.69) is 0 Å². The number of amides is 2. The smallest absolute Gasteiger partial charge is 0.249 e. The van der Waals surface area contributed by atoms with Gasteiger partial charge in [-0.1, -0.05) is 18.2 Å². The maximum atomic E-state index is 12.9. The molecule has 130 valence electrons. The summed E-state index contributed by atoms with van der Waals surface area (Å²) in [7, 11) is 1.70. The number of nitrogens with two attached hydrogens (primary N) is 1. The molecule has 2 N–H and O–H groups in total. The monoisotopic (exact) mass is 331 g/mol. The molecule has 2 amide bonds. The predicted molar refractivity (Wildman–Crippen MR) is 91.6 cm³/mol. The lowest BCUT2D eigenvalue weighted by molar-refractivity contribution is -0.146. The molecule has 0 bridgehead atoms. The van der Waals surface area contributed by atoms with Gasteiger partial charge < -0.3 is 20.3 Å². The van der Waals surface area contributed by atoms with Crippen LogP contribution in [-0.2, 0) is 14.3 Å². The number of hydrogen-bond donors (Lipinski definition) is 1. The van der Waals surface area contributed by atoms with Crippen molar-refractivity contribution in [2.24, 2.45) is 5.73 Å². The largest absolute Gasteiger partial charge is 0.381 e. The fraction of sp³-hybridized carbons (Fsp3) is 0.556. The van der Waals surface area contributed by atoms with Crippen molar-refractivity contribution in [3.05, 3.63) is 30.3 Å². The fourth-order valence-electron chi connectivity index (χ4n) is 3.52. The summed E-state index contributed by atoms with van der Waals surface area (Å²) in [6.45, 7) is 1.67. The first kappa shape index (κ1) is 16.9. The van der Waals surface area contributed by atoms with E-state index in [0.717, 1.165) is 12.1 Å². The summed E-state index contributed by atoms with van der Waals surface area (Å²) in [5.74, 6) is -0.182. The van der Waals surface area contributed by atoms with Gasteiger partial charge in [-0.15, -0.1) is 0 Å². The number of benzene rings is 1. The van der Waals surface area contributed by atoms with E-state index in [1.54, 1.807) is 16.8 Å². The van der Waals surface area contributed by atoms with Crippen molar-refractivity contribution < 1.29 is 14.3 Å². The molecule has 0 aliphatic carbocycles. The van der Waals surface area contributed by atoms with Crippen molar-refractivity contribution in [3.8, 4) is 0 Å². The summed E-state index contributed by atoms with van der Waals surface area (Å²) in [5.41, 5.74) is 6.27. The van der Waals surface area contributed by atoms with Crippen LogP contribution in [0.15, 0.2) is 30.3 Å². The number of piperidine rings is 1. The maximum absolute atomic E-state index is 12.9. The molecule has 0 spiro atoms. The summed E-state index contributed by atoms with van der Waals surface area (Å²) in [5, 5.41) is 0. The van der Waals surface area contributed by atoms with E-state index in [4.69, 9.17) is 10.5 Å². The Kier molecular flexibility index (Phi) is 4.87. The van der Waals surface area contributed by atoms with Crippen LogP contribution in [0.2, 0.25) is 0 Å². The second kappa shape index (κ2) is 6.91. The van der Waals surface area contributed by atoms with Crippen molar-refractivity contribution in [2.75, 3.05) is 31.7 Å². The lowest BCUT2D eigenvalue weighted by atomic mass is 9.88. The zero-order chi connectivity index (χ0) is 17.2. The summed E-state index contributed by atoms with van der Waals surface area (Å²) in [6, 6.07) is 9.15. The average Bonchev–Trinajstić information content (AvgIpc) is 2.62. The van der Waals surface area contributed by atoms with Gasteiger partial charge in [0.05, 0.1) is 5.54 Å². The number of para-hydroxylation sites is 1. The minimum absolute atomic E-state index is 0.0287. The van der Waals surface area contributed by atoms with Crippen LogP contribution >= 0.6 is 0 Å². The molecular weight excluding hydrogens is 306 g/mol. The van der Waals surface area contributed by atoms with Crippen LogP contribution < -0.4 is 10.6 Å². The highest BCUT2D eigenvalue weighted by atomic mass is 16.5. The molecule has 2 aliphatic heterocycles. The third-order valence-electron chi connectivity index (χ3n) is 5.08. The Morgan fingerprint density at radius 3 is 2.62 bits per heavy atom. The van der Waals surface area contributed by atoms with Gasteiger partial charge in [0.25, 0.3) is 0 Å². The summed E-state index contributed by atoms with van der Waals surface area (Å²) in [6.07, 6.45) is 2.54. The van der Waals surface area contributed by atoms with Gasteiger partial charge >= 0.3 is 0 Å². The Balaban J connectivity index is 1.75. The molecule has 0 radical (unpaired) electrons. The van der Waals surface area contributed by atoms with Gasteiger partial charge in [0.2, 0.25) is 11.8 Å². The van der Waals surface area contributed by atoms with Gasteiger partial charge in [0, 0.05) is 32.5 Å². The molecule has 2 heterocycles. The second-order valence-corrected chi connectivity index (χ2v) is 6.67. The van der Waals surface area contributed by atoms with Gasteiger partial charge in [0.1, 0.15) is 6.04 Å². The maximum Gasteiger partial charge on any atom is 0.249 e. The Morgan fingerprint density at radius 2 is 1.96 bits per heavy atom. The molecule has 2 fully saturated rings. The van der Waals surface area contributed by atoms with E-state index >= 15 is 0 Å². The summed E-state index contributed by atoms with van der Waals surface area (Å²) in [4.78, 5) is 29.1. The number of nitrogens with zero attached hydrogens (tertiary/aromatic N) is 2. The number of rotatable bonds is 3. The molecule has 1 unspecified atom stereocenters. The Labute approximate surface area is 142 Å².